The van der Waals surface area contributed by atoms with Gasteiger partial charge in [0.05, 0.1) is 6.61 Å². The zero-order chi connectivity index (χ0) is 10.4. The summed E-state index contributed by atoms with van der Waals surface area (Å²) >= 11 is 0. The van der Waals surface area contributed by atoms with Crippen LogP contribution in [0.2, 0.25) is 0 Å². The highest BCUT2D eigenvalue weighted by molar-refractivity contribution is 4.93. The monoisotopic (exact) mass is 199 g/mol. The Bertz CT molecular complexity index is 148. The van der Waals surface area contributed by atoms with E-state index in [2.05, 4.69) is 19.2 Å². The lowest BCUT2D eigenvalue weighted by molar-refractivity contribution is 0.0786. The van der Waals surface area contributed by atoms with E-state index in [0.717, 1.165) is 13.0 Å². The van der Waals surface area contributed by atoms with Crippen LogP contribution in [0.5, 0.6) is 0 Å². The Labute approximate surface area is 88.1 Å². The van der Waals surface area contributed by atoms with E-state index in [0.29, 0.717) is 12.5 Å². The lowest BCUT2D eigenvalue weighted by Crippen LogP contribution is -2.54. The summed E-state index contributed by atoms with van der Waals surface area (Å²) in [5.74, 6) is 0.686. The summed E-state index contributed by atoms with van der Waals surface area (Å²) in [4.78, 5) is 0. The van der Waals surface area contributed by atoms with Gasteiger partial charge in [0.2, 0.25) is 0 Å². The van der Waals surface area contributed by atoms with E-state index in [9.17, 15) is 5.11 Å². The van der Waals surface area contributed by atoms with Gasteiger partial charge in [-0.2, -0.15) is 0 Å². The molecule has 2 nitrogen and oxygen atoms in total. The molecule has 0 radical (unpaired) electrons. The lowest BCUT2D eigenvalue weighted by Gasteiger charge is -2.41. The minimum absolute atomic E-state index is 0.00910. The van der Waals surface area contributed by atoms with Crippen LogP contribution >= 0.6 is 0 Å². The maximum atomic E-state index is 9.60. The number of hydrogen-bond donors (Lipinski definition) is 2. The van der Waals surface area contributed by atoms with Crippen molar-refractivity contribution < 1.29 is 5.11 Å². The minimum Gasteiger partial charge on any atom is -0.394 e. The standard InChI is InChI=1S/C12H25NO/c1-3-12(10-14,13-4-2)11-8-6-5-7-9-11/h11,13-14H,3-10H2,1-2H3. The Balaban J connectivity index is 2.62. The van der Waals surface area contributed by atoms with Crippen LogP contribution in [-0.2, 0) is 0 Å². The molecule has 14 heavy (non-hydrogen) atoms. The Morgan fingerprint density at radius 1 is 1.21 bits per heavy atom. The first kappa shape index (κ1) is 12.0. The van der Waals surface area contributed by atoms with Gasteiger partial charge in [0.1, 0.15) is 0 Å². The summed E-state index contributed by atoms with van der Waals surface area (Å²) in [5, 5.41) is 13.1. The largest absolute Gasteiger partial charge is 0.394 e. The molecule has 1 unspecified atom stereocenters. The Morgan fingerprint density at radius 2 is 1.86 bits per heavy atom. The van der Waals surface area contributed by atoms with Gasteiger partial charge in [-0.25, -0.2) is 0 Å². The van der Waals surface area contributed by atoms with Gasteiger partial charge in [-0.15, -0.1) is 0 Å². The van der Waals surface area contributed by atoms with Gasteiger partial charge in [0.15, 0.2) is 0 Å². The second kappa shape index (κ2) is 5.72. The maximum Gasteiger partial charge on any atom is 0.0615 e. The highest BCUT2D eigenvalue weighted by Crippen LogP contribution is 2.34. The molecule has 0 amide bonds. The number of likely N-dealkylation sites (N-methyl/N-ethyl adjacent to an activating group) is 1. The third-order valence-corrected chi connectivity index (χ3v) is 3.83. The molecule has 0 heterocycles. The first-order valence-corrected chi connectivity index (χ1v) is 6.15. The Morgan fingerprint density at radius 3 is 2.29 bits per heavy atom. The molecule has 1 fully saturated rings. The molecule has 0 spiro atoms. The van der Waals surface area contributed by atoms with Gasteiger partial charge < -0.3 is 10.4 Å². The molecule has 0 saturated heterocycles. The second-order valence-electron chi connectivity index (χ2n) is 4.53. The van der Waals surface area contributed by atoms with Crippen molar-refractivity contribution in [1.29, 1.82) is 0 Å². The molecular weight excluding hydrogens is 174 g/mol. The van der Waals surface area contributed by atoms with E-state index in [1.54, 1.807) is 0 Å². The molecule has 0 bridgehead atoms. The molecule has 0 aliphatic heterocycles. The number of rotatable bonds is 5. The molecule has 84 valence electrons. The van der Waals surface area contributed by atoms with Crippen molar-refractivity contribution in [1.82, 2.24) is 5.32 Å². The van der Waals surface area contributed by atoms with E-state index < -0.39 is 0 Å². The Kier molecular flexibility index (Phi) is 4.90. The summed E-state index contributed by atoms with van der Waals surface area (Å²) in [6.45, 7) is 5.57. The van der Waals surface area contributed by atoms with E-state index in [1.807, 2.05) is 0 Å². The van der Waals surface area contributed by atoms with E-state index >= 15 is 0 Å². The summed E-state index contributed by atoms with van der Waals surface area (Å²) in [7, 11) is 0. The van der Waals surface area contributed by atoms with Gasteiger partial charge >= 0.3 is 0 Å². The fourth-order valence-corrected chi connectivity index (χ4v) is 2.86. The summed E-state index contributed by atoms with van der Waals surface area (Å²) in [6, 6.07) is 0. The lowest BCUT2D eigenvalue weighted by atomic mass is 9.73. The zero-order valence-corrected chi connectivity index (χ0v) is 9.68. The van der Waals surface area contributed by atoms with Crippen LogP contribution in [0.15, 0.2) is 0 Å². The molecule has 0 aromatic heterocycles. The zero-order valence-electron chi connectivity index (χ0n) is 9.68. The molecule has 1 rings (SSSR count). The van der Waals surface area contributed by atoms with Crippen LogP contribution in [0.1, 0.15) is 52.4 Å². The van der Waals surface area contributed by atoms with Crippen LogP contribution in [0, 0.1) is 5.92 Å². The van der Waals surface area contributed by atoms with E-state index in [1.165, 1.54) is 32.1 Å². The maximum absolute atomic E-state index is 9.60. The molecule has 1 aliphatic carbocycles. The third kappa shape index (κ3) is 2.48. The molecule has 0 aromatic carbocycles. The third-order valence-electron chi connectivity index (χ3n) is 3.83. The average molecular weight is 199 g/mol. The first-order valence-electron chi connectivity index (χ1n) is 6.15. The van der Waals surface area contributed by atoms with Gasteiger partial charge in [-0.05, 0) is 31.7 Å². The predicted molar refractivity (Wildman–Crippen MR) is 60.4 cm³/mol. The average Bonchev–Trinajstić information content (AvgIpc) is 2.27. The van der Waals surface area contributed by atoms with Crippen molar-refractivity contribution in [2.45, 2.75) is 57.9 Å². The van der Waals surface area contributed by atoms with Gasteiger partial charge in [0, 0.05) is 5.54 Å². The van der Waals surface area contributed by atoms with Crippen molar-refractivity contribution in [2.75, 3.05) is 13.2 Å². The van der Waals surface area contributed by atoms with Crippen molar-refractivity contribution in [3.05, 3.63) is 0 Å². The van der Waals surface area contributed by atoms with Crippen LogP contribution in [0.4, 0.5) is 0 Å². The number of nitrogens with one attached hydrogen (secondary N) is 1. The second-order valence-corrected chi connectivity index (χ2v) is 4.53. The fraction of sp³-hybridized carbons (Fsp3) is 1.00. The van der Waals surface area contributed by atoms with Crippen molar-refractivity contribution in [2.24, 2.45) is 5.92 Å². The molecule has 1 saturated carbocycles. The normalized spacial score (nSPS) is 23.4. The summed E-state index contributed by atoms with van der Waals surface area (Å²) in [6.07, 6.45) is 7.70. The quantitative estimate of drug-likeness (QED) is 0.712. The van der Waals surface area contributed by atoms with Gasteiger partial charge in [-0.3, -0.25) is 0 Å². The SMILES string of the molecule is CCNC(CC)(CO)C1CCCCC1. The van der Waals surface area contributed by atoms with Crippen LogP contribution in [0.25, 0.3) is 0 Å². The first-order chi connectivity index (χ1) is 6.79. The molecule has 2 N–H and O–H groups in total. The number of hydrogen-bond acceptors (Lipinski definition) is 2. The minimum atomic E-state index is 0.00910. The summed E-state index contributed by atoms with van der Waals surface area (Å²) < 4.78 is 0. The van der Waals surface area contributed by atoms with Crippen LogP contribution in [0.3, 0.4) is 0 Å². The van der Waals surface area contributed by atoms with E-state index in [-0.39, 0.29) is 5.54 Å². The molecule has 2 heteroatoms. The number of aliphatic hydroxyl groups is 1. The van der Waals surface area contributed by atoms with Crippen LogP contribution in [-0.4, -0.2) is 23.8 Å². The predicted octanol–water partition coefficient (Wildman–Crippen LogP) is 2.32. The highest BCUT2D eigenvalue weighted by atomic mass is 16.3. The molecular formula is C12H25NO. The van der Waals surface area contributed by atoms with Crippen LogP contribution < -0.4 is 5.32 Å². The van der Waals surface area contributed by atoms with Crippen molar-refractivity contribution in [3.8, 4) is 0 Å². The highest BCUT2D eigenvalue weighted by Gasteiger charge is 2.36. The smallest absolute Gasteiger partial charge is 0.0615 e. The topological polar surface area (TPSA) is 32.3 Å². The molecule has 0 aromatic rings. The van der Waals surface area contributed by atoms with Crippen molar-refractivity contribution >= 4 is 0 Å². The van der Waals surface area contributed by atoms with Gasteiger partial charge in [-0.1, -0.05) is 33.1 Å². The molecule has 1 aliphatic rings. The van der Waals surface area contributed by atoms with E-state index in [4.69, 9.17) is 0 Å². The fourth-order valence-electron chi connectivity index (χ4n) is 2.86. The number of aliphatic hydroxyl groups excluding tert-OH is 1. The van der Waals surface area contributed by atoms with Crippen molar-refractivity contribution in [3.63, 3.8) is 0 Å². The summed E-state index contributed by atoms with van der Waals surface area (Å²) in [5.41, 5.74) is 0.00910. The Hall–Kier alpha value is -0.0800. The molecule has 1 atom stereocenters. The van der Waals surface area contributed by atoms with Gasteiger partial charge in [0.25, 0.3) is 0 Å².